The van der Waals surface area contributed by atoms with E-state index in [4.69, 9.17) is 16.6 Å². The monoisotopic (exact) mass is 303 g/mol. The number of fused-ring (bicyclic) bond motifs is 1. The Balaban J connectivity index is 1.71. The van der Waals surface area contributed by atoms with Crippen molar-refractivity contribution in [3.63, 3.8) is 0 Å². The largest absolute Gasteiger partial charge is 0.302 e. The van der Waals surface area contributed by atoms with Gasteiger partial charge in [0.2, 0.25) is 0 Å². The lowest BCUT2D eigenvalue weighted by atomic mass is 10.2. The molecule has 0 radical (unpaired) electrons. The summed E-state index contributed by atoms with van der Waals surface area (Å²) in [6.45, 7) is 3.19. The highest BCUT2D eigenvalue weighted by Crippen LogP contribution is 2.22. The Hall–Kier alpha value is -1.16. The number of halogens is 1. The number of hydrogen-bond acceptors (Lipinski definition) is 3. The van der Waals surface area contributed by atoms with Gasteiger partial charge in [0, 0.05) is 24.5 Å². The Morgan fingerprint density at radius 2 is 2.19 bits per heavy atom. The summed E-state index contributed by atoms with van der Waals surface area (Å²) in [5.74, 6) is 0. The van der Waals surface area contributed by atoms with Gasteiger partial charge in [-0.15, -0.1) is 0 Å². The molecule has 1 aliphatic heterocycles. The number of hydrogen-bond donors (Lipinski definition) is 0. The zero-order valence-corrected chi connectivity index (χ0v) is 13.5. The van der Waals surface area contributed by atoms with Crippen LogP contribution in [0.4, 0.5) is 0 Å². The highest BCUT2D eigenvalue weighted by Gasteiger charge is 2.22. The Kier molecular flexibility index (Phi) is 4.43. The normalized spacial score (nSPS) is 19.7. The highest BCUT2D eigenvalue weighted by molar-refractivity contribution is 6.35. The molecule has 0 N–H and O–H groups in total. The summed E-state index contributed by atoms with van der Waals surface area (Å²) in [5, 5.41) is 1.83. The number of likely N-dealkylation sites (N-methyl/N-ethyl adjacent to an activating group) is 2. The molecule has 0 amide bonds. The van der Waals surface area contributed by atoms with Gasteiger partial charge < -0.3 is 4.90 Å². The van der Waals surface area contributed by atoms with Crippen molar-refractivity contribution in [3.8, 4) is 0 Å². The number of rotatable bonds is 4. The first-order valence-electron chi connectivity index (χ1n) is 7.56. The van der Waals surface area contributed by atoms with Crippen LogP contribution in [0.5, 0.6) is 0 Å². The first kappa shape index (κ1) is 14.8. The minimum atomic E-state index is 0.680. The molecule has 3 rings (SSSR count). The average Bonchev–Trinajstić information content (AvgIpc) is 2.85. The van der Waals surface area contributed by atoms with Crippen LogP contribution in [0.15, 0.2) is 30.3 Å². The number of para-hydroxylation sites is 1. The lowest BCUT2D eigenvalue weighted by molar-refractivity contribution is 0.214. The Morgan fingerprint density at radius 3 is 2.95 bits per heavy atom. The fourth-order valence-electron chi connectivity index (χ4n) is 3.15. The van der Waals surface area contributed by atoms with Crippen molar-refractivity contribution in [2.24, 2.45) is 0 Å². The predicted octanol–water partition coefficient (Wildman–Crippen LogP) is 3.41. The maximum absolute atomic E-state index is 6.24. The maximum Gasteiger partial charge on any atom is 0.0891 e. The molecule has 4 heteroatoms. The molecular weight excluding hydrogens is 282 g/mol. The molecule has 3 nitrogen and oxygen atoms in total. The smallest absolute Gasteiger partial charge is 0.0891 e. The summed E-state index contributed by atoms with van der Waals surface area (Å²) in [4.78, 5) is 9.54. The van der Waals surface area contributed by atoms with Crippen LogP contribution < -0.4 is 0 Å². The highest BCUT2D eigenvalue weighted by atomic mass is 35.5. The second-order valence-corrected chi connectivity index (χ2v) is 6.49. The quantitative estimate of drug-likeness (QED) is 0.863. The third kappa shape index (κ3) is 3.37. The van der Waals surface area contributed by atoms with Gasteiger partial charge in [-0.1, -0.05) is 29.8 Å². The third-order valence-electron chi connectivity index (χ3n) is 4.35. The molecule has 0 spiro atoms. The molecule has 0 aliphatic carbocycles. The first-order chi connectivity index (χ1) is 10.1. The Labute approximate surface area is 131 Å². The number of likely N-dealkylation sites (tertiary alicyclic amines) is 1. The van der Waals surface area contributed by atoms with Gasteiger partial charge in [-0.25, -0.2) is 4.98 Å². The minimum Gasteiger partial charge on any atom is -0.302 e. The second-order valence-electron chi connectivity index (χ2n) is 6.09. The molecule has 0 unspecified atom stereocenters. The third-order valence-corrected chi connectivity index (χ3v) is 4.66. The van der Waals surface area contributed by atoms with Crippen LogP contribution in [0, 0.1) is 0 Å². The van der Waals surface area contributed by atoms with E-state index in [1.54, 1.807) is 0 Å². The number of pyridine rings is 1. The van der Waals surface area contributed by atoms with Crippen LogP contribution in [-0.2, 0) is 6.54 Å². The van der Waals surface area contributed by atoms with Crippen molar-refractivity contribution in [1.82, 2.24) is 14.8 Å². The van der Waals surface area contributed by atoms with Gasteiger partial charge >= 0.3 is 0 Å². The summed E-state index contributed by atoms with van der Waals surface area (Å²) in [5.41, 5.74) is 1.99. The molecule has 1 fully saturated rings. The molecule has 1 aliphatic rings. The van der Waals surface area contributed by atoms with Gasteiger partial charge in [0.15, 0.2) is 0 Å². The van der Waals surface area contributed by atoms with Crippen LogP contribution in [0.3, 0.4) is 0 Å². The summed E-state index contributed by atoms with van der Waals surface area (Å²) in [6.07, 6.45) is 2.62. The van der Waals surface area contributed by atoms with Crippen molar-refractivity contribution in [2.75, 3.05) is 27.2 Å². The molecule has 0 bridgehead atoms. The summed E-state index contributed by atoms with van der Waals surface area (Å²) in [7, 11) is 4.39. The first-order valence-corrected chi connectivity index (χ1v) is 7.94. The SMILES string of the molecule is CN(Cc1ccc2cccc(Cl)c2n1)C[C@@H]1CCCN1C. The molecule has 2 aromatic rings. The van der Waals surface area contributed by atoms with Crippen LogP contribution in [0.2, 0.25) is 5.02 Å². The molecule has 21 heavy (non-hydrogen) atoms. The van der Waals surface area contributed by atoms with E-state index < -0.39 is 0 Å². The van der Waals surface area contributed by atoms with E-state index in [-0.39, 0.29) is 0 Å². The molecule has 1 aromatic carbocycles. The van der Waals surface area contributed by atoms with Crippen LogP contribution >= 0.6 is 11.6 Å². The van der Waals surface area contributed by atoms with E-state index in [9.17, 15) is 0 Å². The molecule has 1 aromatic heterocycles. The van der Waals surface area contributed by atoms with Crippen molar-refractivity contribution < 1.29 is 0 Å². The number of nitrogens with zero attached hydrogens (tertiary/aromatic N) is 3. The molecule has 0 saturated carbocycles. The summed E-state index contributed by atoms with van der Waals surface area (Å²) in [6, 6.07) is 10.8. The predicted molar refractivity (Wildman–Crippen MR) is 88.7 cm³/mol. The van der Waals surface area contributed by atoms with Gasteiger partial charge in [0.25, 0.3) is 0 Å². The van der Waals surface area contributed by atoms with Gasteiger partial charge in [0.05, 0.1) is 16.2 Å². The fraction of sp³-hybridized carbons (Fsp3) is 0.471. The van der Waals surface area contributed by atoms with Gasteiger partial charge in [-0.05, 0) is 45.6 Å². The van der Waals surface area contributed by atoms with E-state index in [0.717, 1.165) is 34.7 Å². The van der Waals surface area contributed by atoms with Gasteiger partial charge in [-0.2, -0.15) is 0 Å². The number of benzene rings is 1. The zero-order valence-electron chi connectivity index (χ0n) is 12.7. The van der Waals surface area contributed by atoms with Gasteiger partial charge in [0.1, 0.15) is 0 Å². The Bertz CT molecular complexity index is 628. The lowest BCUT2D eigenvalue weighted by Gasteiger charge is -2.25. The molecule has 112 valence electrons. The average molecular weight is 304 g/mol. The minimum absolute atomic E-state index is 0.680. The number of aromatic nitrogens is 1. The molecule has 1 saturated heterocycles. The van der Waals surface area contributed by atoms with Crippen LogP contribution in [0.1, 0.15) is 18.5 Å². The van der Waals surface area contributed by atoms with Crippen LogP contribution in [0.25, 0.3) is 10.9 Å². The van der Waals surface area contributed by atoms with E-state index >= 15 is 0 Å². The summed E-state index contributed by atoms with van der Waals surface area (Å²) >= 11 is 6.24. The van der Waals surface area contributed by atoms with Crippen molar-refractivity contribution in [2.45, 2.75) is 25.4 Å². The van der Waals surface area contributed by atoms with Crippen molar-refractivity contribution in [3.05, 3.63) is 41.0 Å². The molecule has 1 atom stereocenters. The topological polar surface area (TPSA) is 19.4 Å². The molecule has 2 heterocycles. The van der Waals surface area contributed by atoms with E-state index in [1.165, 1.54) is 19.4 Å². The standard InChI is InChI=1S/C17H22ClN3/c1-20(12-15-6-4-10-21(15)2)11-14-9-8-13-5-3-7-16(18)17(13)19-14/h3,5,7-9,15H,4,6,10-12H2,1-2H3/t15-/m0/s1. The second kappa shape index (κ2) is 6.30. The maximum atomic E-state index is 6.24. The Morgan fingerprint density at radius 1 is 1.33 bits per heavy atom. The zero-order chi connectivity index (χ0) is 14.8. The lowest BCUT2D eigenvalue weighted by Crippen LogP contribution is -2.36. The van der Waals surface area contributed by atoms with Crippen molar-refractivity contribution in [1.29, 1.82) is 0 Å². The van der Waals surface area contributed by atoms with E-state index in [0.29, 0.717) is 6.04 Å². The van der Waals surface area contributed by atoms with E-state index in [2.05, 4.69) is 42.1 Å². The van der Waals surface area contributed by atoms with Crippen molar-refractivity contribution >= 4 is 22.5 Å². The van der Waals surface area contributed by atoms with Crippen LogP contribution in [-0.4, -0.2) is 48.0 Å². The fourth-order valence-corrected chi connectivity index (χ4v) is 3.37. The molecular formula is C17H22ClN3. The van der Waals surface area contributed by atoms with Gasteiger partial charge in [-0.3, -0.25) is 4.90 Å². The summed E-state index contributed by atoms with van der Waals surface area (Å²) < 4.78 is 0. The van der Waals surface area contributed by atoms with E-state index in [1.807, 2.05) is 12.1 Å².